The molecule has 0 aliphatic rings. The monoisotopic (exact) mass is 303 g/mol. The Morgan fingerprint density at radius 3 is 2.47 bits per heavy atom. The van der Waals surface area contributed by atoms with Crippen LogP contribution in [0.15, 0.2) is 23.1 Å². The molecule has 0 bridgehead atoms. The Morgan fingerprint density at radius 2 is 1.84 bits per heavy atom. The van der Waals surface area contributed by atoms with E-state index in [1.165, 1.54) is 38.0 Å². The number of halogens is 1. The summed E-state index contributed by atoms with van der Waals surface area (Å²) < 4.78 is 22.9. The van der Waals surface area contributed by atoms with Gasteiger partial charge in [0.2, 0.25) is 0 Å². The van der Waals surface area contributed by atoms with Gasteiger partial charge in [-0.05, 0) is 24.6 Å². The standard InChI is InChI=1S/C14H22ClNO2S/c1-3-4-5-6-7-10-16-14-11-12(19(2,17)18)8-9-13(14)15/h8-9,11,16H,3-7,10H2,1-2H3. The van der Waals surface area contributed by atoms with Crippen LogP contribution in [0.3, 0.4) is 0 Å². The Balaban J connectivity index is 2.53. The maximum absolute atomic E-state index is 11.5. The molecular formula is C14H22ClNO2S. The van der Waals surface area contributed by atoms with Crippen molar-refractivity contribution >= 4 is 27.1 Å². The fourth-order valence-corrected chi connectivity index (χ4v) is 2.65. The zero-order valence-electron chi connectivity index (χ0n) is 11.6. The van der Waals surface area contributed by atoms with E-state index in [0.717, 1.165) is 13.0 Å². The number of hydrogen-bond donors (Lipinski definition) is 1. The summed E-state index contributed by atoms with van der Waals surface area (Å²) in [5.74, 6) is 0. The number of anilines is 1. The molecule has 0 spiro atoms. The quantitative estimate of drug-likeness (QED) is 0.735. The smallest absolute Gasteiger partial charge is 0.175 e. The summed E-state index contributed by atoms with van der Waals surface area (Å²) in [5, 5.41) is 3.76. The number of benzene rings is 1. The highest BCUT2D eigenvalue weighted by Crippen LogP contribution is 2.25. The molecule has 5 heteroatoms. The van der Waals surface area contributed by atoms with Gasteiger partial charge in [0, 0.05) is 12.8 Å². The Morgan fingerprint density at radius 1 is 1.16 bits per heavy atom. The van der Waals surface area contributed by atoms with Crippen molar-refractivity contribution in [1.82, 2.24) is 0 Å². The summed E-state index contributed by atoms with van der Waals surface area (Å²) in [7, 11) is -3.18. The lowest BCUT2D eigenvalue weighted by Crippen LogP contribution is -2.04. The predicted octanol–water partition coefficient (Wildman–Crippen LogP) is 4.13. The predicted molar refractivity (Wildman–Crippen MR) is 81.8 cm³/mol. The Kier molecular flexibility index (Phi) is 6.66. The molecule has 0 unspecified atom stereocenters. The van der Waals surface area contributed by atoms with Gasteiger partial charge >= 0.3 is 0 Å². The van der Waals surface area contributed by atoms with Crippen LogP contribution in [0.4, 0.5) is 5.69 Å². The van der Waals surface area contributed by atoms with Crippen LogP contribution in [-0.4, -0.2) is 21.2 Å². The molecule has 108 valence electrons. The van der Waals surface area contributed by atoms with Gasteiger partial charge in [0.25, 0.3) is 0 Å². The third-order valence-corrected chi connectivity index (χ3v) is 4.40. The molecule has 19 heavy (non-hydrogen) atoms. The molecule has 1 aromatic rings. The van der Waals surface area contributed by atoms with Gasteiger partial charge in [0.15, 0.2) is 9.84 Å². The zero-order valence-corrected chi connectivity index (χ0v) is 13.1. The first kappa shape index (κ1) is 16.3. The summed E-state index contributed by atoms with van der Waals surface area (Å²) in [5.41, 5.74) is 0.695. The molecule has 0 radical (unpaired) electrons. The van der Waals surface area contributed by atoms with E-state index in [2.05, 4.69) is 12.2 Å². The largest absolute Gasteiger partial charge is 0.384 e. The maximum Gasteiger partial charge on any atom is 0.175 e. The van der Waals surface area contributed by atoms with Crippen LogP contribution >= 0.6 is 11.6 Å². The van der Waals surface area contributed by atoms with Crippen LogP contribution in [0.2, 0.25) is 5.02 Å². The van der Waals surface area contributed by atoms with E-state index in [1.54, 1.807) is 12.1 Å². The van der Waals surface area contributed by atoms with Gasteiger partial charge in [-0.25, -0.2) is 8.42 Å². The summed E-state index contributed by atoms with van der Waals surface area (Å²) in [4.78, 5) is 0.297. The van der Waals surface area contributed by atoms with Crippen molar-refractivity contribution in [3.63, 3.8) is 0 Å². The molecular weight excluding hydrogens is 282 g/mol. The van der Waals surface area contributed by atoms with Crippen molar-refractivity contribution in [2.45, 2.75) is 43.9 Å². The Hall–Kier alpha value is -0.740. The van der Waals surface area contributed by atoms with Gasteiger partial charge in [-0.3, -0.25) is 0 Å². The summed E-state index contributed by atoms with van der Waals surface area (Å²) in [6.07, 6.45) is 7.20. The summed E-state index contributed by atoms with van der Waals surface area (Å²) in [6, 6.07) is 4.76. The van der Waals surface area contributed by atoms with E-state index in [0.29, 0.717) is 15.6 Å². The number of sulfone groups is 1. The normalized spacial score (nSPS) is 11.5. The van der Waals surface area contributed by atoms with E-state index in [-0.39, 0.29) is 0 Å². The second-order valence-corrected chi connectivity index (χ2v) is 7.18. The average Bonchev–Trinajstić information content (AvgIpc) is 2.34. The van der Waals surface area contributed by atoms with Crippen LogP contribution in [0.5, 0.6) is 0 Å². The van der Waals surface area contributed by atoms with Crippen molar-refractivity contribution < 1.29 is 8.42 Å². The Bertz CT molecular complexity index is 500. The van der Waals surface area contributed by atoms with E-state index in [4.69, 9.17) is 11.6 Å². The molecule has 1 aromatic carbocycles. The van der Waals surface area contributed by atoms with E-state index < -0.39 is 9.84 Å². The minimum atomic E-state index is -3.18. The molecule has 1 rings (SSSR count). The highest BCUT2D eigenvalue weighted by Gasteiger charge is 2.09. The maximum atomic E-state index is 11.5. The zero-order chi connectivity index (χ0) is 14.3. The van der Waals surface area contributed by atoms with E-state index >= 15 is 0 Å². The fourth-order valence-electron chi connectivity index (χ4n) is 1.82. The topological polar surface area (TPSA) is 46.2 Å². The number of nitrogens with one attached hydrogen (secondary N) is 1. The first-order valence-corrected chi connectivity index (χ1v) is 8.95. The minimum Gasteiger partial charge on any atom is -0.384 e. The fraction of sp³-hybridized carbons (Fsp3) is 0.571. The molecule has 0 saturated heterocycles. The second kappa shape index (κ2) is 7.75. The van der Waals surface area contributed by atoms with Crippen molar-refractivity contribution in [3.8, 4) is 0 Å². The van der Waals surface area contributed by atoms with Crippen LogP contribution in [0.25, 0.3) is 0 Å². The lowest BCUT2D eigenvalue weighted by atomic mass is 10.1. The number of rotatable bonds is 8. The molecule has 0 aliphatic carbocycles. The van der Waals surface area contributed by atoms with Crippen LogP contribution < -0.4 is 5.32 Å². The third-order valence-electron chi connectivity index (χ3n) is 2.96. The molecule has 0 saturated carbocycles. The van der Waals surface area contributed by atoms with Crippen molar-refractivity contribution in [3.05, 3.63) is 23.2 Å². The van der Waals surface area contributed by atoms with Gasteiger partial charge in [-0.15, -0.1) is 0 Å². The van der Waals surface area contributed by atoms with E-state index in [9.17, 15) is 8.42 Å². The van der Waals surface area contributed by atoms with Crippen LogP contribution in [0, 0.1) is 0 Å². The lowest BCUT2D eigenvalue weighted by molar-refractivity contribution is 0.602. The van der Waals surface area contributed by atoms with Crippen molar-refractivity contribution in [2.24, 2.45) is 0 Å². The third kappa shape index (κ3) is 5.83. The number of hydrogen-bond acceptors (Lipinski definition) is 3. The van der Waals surface area contributed by atoms with Gasteiger partial charge in [0.1, 0.15) is 0 Å². The van der Waals surface area contributed by atoms with E-state index in [1.807, 2.05) is 0 Å². The van der Waals surface area contributed by atoms with Gasteiger partial charge in [0.05, 0.1) is 15.6 Å². The SMILES string of the molecule is CCCCCCCNc1cc(S(C)(=O)=O)ccc1Cl. The molecule has 0 heterocycles. The van der Waals surface area contributed by atoms with Gasteiger partial charge < -0.3 is 5.32 Å². The molecule has 3 nitrogen and oxygen atoms in total. The molecule has 1 N–H and O–H groups in total. The highest BCUT2D eigenvalue weighted by atomic mass is 35.5. The molecule has 0 fully saturated rings. The minimum absolute atomic E-state index is 0.297. The Labute approximate surface area is 121 Å². The summed E-state index contributed by atoms with van der Waals surface area (Å²) in [6.45, 7) is 3.01. The first-order valence-electron chi connectivity index (χ1n) is 6.68. The van der Waals surface area contributed by atoms with Crippen LogP contribution in [-0.2, 0) is 9.84 Å². The van der Waals surface area contributed by atoms with Crippen molar-refractivity contribution in [2.75, 3.05) is 18.1 Å². The average molecular weight is 304 g/mol. The van der Waals surface area contributed by atoms with Crippen molar-refractivity contribution in [1.29, 1.82) is 0 Å². The van der Waals surface area contributed by atoms with Crippen LogP contribution in [0.1, 0.15) is 39.0 Å². The molecule has 0 amide bonds. The summed E-state index contributed by atoms with van der Waals surface area (Å²) >= 11 is 6.05. The van der Waals surface area contributed by atoms with Gasteiger partial charge in [-0.2, -0.15) is 0 Å². The molecule has 0 atom stereocenters. The van der Waals surface area contributed by atoms with Gasteiger partial charge in [-0.1, -0.05) is 44.2 Å². The lowest BCUT2D eigenvalue weighted by Gasteiger charge is -2.09. The number of unbranched alkanes of at least 4 members (excludes halogenated alkanes) is 4. The molecule has 0 aliphatic heterocycles. The highest BCUT2D eigenvalue weighted by molar-refractivity contribution is 7.90. The first-order chi connectivity index (χ1) is 8.95. The molecule has 0 aromatic heterocycles. The second-order valence-electron chi connectivity index (χ2n) is 4.75.